The Kier molecular flexibility index (Phi) is 8.92. The van der Waals surface area contributed by atoms with Crippen LogP contribution in [-0.2, 0) is 16.1 Å². The first kappa shape index (κ1) is 23.3. The van der Waals surface area contributed by atoms with Gasteiger partial charge in [0.2, 0.25) is 0 Å². The summed E-state index contributed by atoms with van der Waals surface area (Å²) < 4.78 is 18.2. The van der Waals surface area contributed by atoms with Crippen LogP contribution in [0.4, 0.5) is 0 Å². The Labute approximate surface area is 185 Å². The number of carboxylic acid groups (broad SMARTS) is 1. The topological polar surface area (TPSA) is 65.0 Å². The van der Waals surface area contributed by atoms with Crippen LogP contribution >= 0.6 is 0 Å². The van der Waals surface area contributed by atoms with Crippen molar-refractivity contribution in [1.29, 1.82) is 0 Å². The van der Waals surface area contributed by atoms with Crippen molar-refractivity contribution in [2.75, 3.05) is 6.61 Å². The number of ether oxygens (including phenoxy) is 3. The molecule has 5 nitrogen and oxygen atoms in total. The van der Waals surface area contributed by atoms with Crippen LogP contribution in [0.5, 0.6) is 5.75 Å². The molecule has 1 aliphatic rings. The first-order valence-electron chi connectivity index (χ1n) is 11.4. The van der Waals surface area contributed by atoms with Crippen LogP contribution in [0, 0.1) is 6.92 Å². The molecule has 1 aliphatic heterocycles. The average Bonchev–Trinajstić information content (AvgIpc) is 2.78. The molecule has 0 spiro atoms. The molecule has 5 heteroatoms. The molecule has 0 aliphatic carbocycles. The summed E-state index contributed by atoms with van der Waals surface area (Å²) in [7, 11) is 0. The Hall–Kier alpha value is -2.37. The molecule has 0 bridgehead atoms. The van der Waals surface area contributed by atoms with E-state index in [-0.39, 0.29) is 12.4 Å². The zero-order valence-electron chi connectivity index (χ0n) is 18.6. The van der Waals surface area contributed by atoms with Crippen LogP contribution in [0.1, 0.15) is 85.0 Å². The van der Waals surface area contributed by atoms with Gasteiger partial charge < -0.3 is 19.3 Å². The highest BCUT2D eigenvalue weighted by atomic mass is 16.7. The molecule has 0 radical (unpaired) electrons. The molecular formula is C26H34O5. The zero-order chi connectivity index (χ0) is 22.1. The fourth-order valence-corrected chi connectivity index (χ4v) is 3.93. The summed E-state index contributed by atoms with van der Waals surface area (Å²) >= 11 is 0. The molecule has 168 valence electrons. The molecular weight excluding hydrogens is 392 g/mol. The lowest BCUT2D eigenvalue weighted by Crippen LogP contribution is -2.24. The lowest BCUT2D eigenvalue weighted by Gasteiger charge is -2.28. The lowest BCUT2D eigenvalue weighted by atomic mass is 10.0. The van der Waals surface area contributed by atoms with E-state index in [1.165, 1.54) is 12.8 Å². The summed E-state index contributed by atoms with van der Waals surface area (Å²) in [6.07, 6.45) is 7.46. The molecule has 2 atom stereocenters. The summed E-state index contributed by atoms with van der Waals surface area (Å²) in [5, 5.41) is 9.33. The van der Waals surface area contributed by atoms with Crippen molar-refractivity contribution in [2.45, 2.75) is 77.8 Å². The van der Waals surface area contributed by atoms with E-state index in [0.29, 0.717) is 12.2 Å². The van der Waals surface area contributed by atoms with Crippen molar-refractivity contribution in [1.82, 2.24) is 0 Å². The highest BCUT2D eigenvalue weighted by Crippen LogP contribution is 2.31. The van der Waals surface area contributed by atoms with E-state index in [4.69, 9.17) is 14.2 Å². The van der Waals surface area contributed by atoms with Crippen LogP contribution in [0.15, 0.2) is 42.5 Å². The summed E-state index contributed by atoms with van der Waals surface area (Å²) in [6.45, 7) is 5.12. The summed E-state index contributed by atoms with van der Waals surface area (Å²) in [5.74, 6) is -0.162. The Morgan fingerprint density at radius 3 is 2.77 bits per heavy atom. The van der Waals surface area contributed by atoms with Crippen molar-refractivity contribution in [3.8, 4) is 5.75 Å². The third-order valence-corrected chi connectivity index (χ3v) is 5.82. The van der Waals surface area contributed by atoms with Crippen molar-refractivity contribution in [2.24, 2.45) is 0 Å². The molecule has 1 fully saturated rings. The average molecular weight is 427 g/mol. The molecule has 1 N–H and O–H groups in total. The van der Waals surface area contributed by atoms with Gasteiger partial charge in [0.15, 0.2) is 6.29 Å². The molecule has 2 unspecified atom stereocenters. The van der Waals surface area contributed by atoms with Crippen LogP contribution in [0.3, 0.4) is 0 Å². The van der Waals surface area contributed by atoms with E-state index in [9.17, 15) is 9.90 Å². The van der Waals surface area contributed by atoms with Crippen LogP contribution in [0.25, 0.3) is 0 Å². The minimum Gasteiger partial charge on any atom is -0.489 e. The first-order chi connectivity index (χ1) is 15.1. The quantitative estimate of drug-likeness (QED) is 0.419. The van der Waals surface area contributed by atoms with Crippen LogP contribution in [-0.4, -0.2) is 24.0 Å². The van der Waals surface area contributed by atoms with E-state index < -0.39 is 5.97 Å². The van der Waals surface area contributed by atoms with Gasteiger partial charge in [-0.25, -0.2) is 4.79 Å². The minimum absolute atomic E-state index is 0.0183. The van der Waals surface area contributed by atoms with Crippen molar-refractivity contribution in [3.05, 3.63) is 64.7 Å². The van der Waals surface area contributed by atoms with Crippen molar-refractivity contribution in [3.63, 3.8) is 0 Å². The third-order valence-electron chi connectivity index (χ3n) is 5.82. The van der Waals surface area contributed by atoms with Gasteiger partial charge in [-0.3, -0.25) is 0 Å². The van der Waals surface area contributed by atoms with E-state index >= 15 is 0 Å². The summed E-state index contributed by atoms with van der Waals surface area (Å²) in [4.78, 5) is 11.4. The first-order valence-corrected chi connectivity index (χ1v) is 11.4. The van der Waals surface area contributed by atoms with E-state index in [2.05, 4.69) is 13.0 Å². The molecule has 2 aromatic rings. The smallest absolute Gasteiger partial charge is 0.335 e. The highest BCUT2D eigenvalue weighted by molar-refractivity contribution is 5.89. The van der Waals surface area contributed by atoms with Crippen molar-refractivity contribution >= 4 is 5.97 Å². The van der Waals surface area contributed by atoms with E-state index in [1.54, 1.807) is 12.1 Å². The Balaban J connectivity index is 1.70. The summed E-state index contributed by atoms with van der Waals surface area (Å²) in [5.41, 5.74) is 3.02. The maximum Gasteiger partial charge on any atom is 0.335 e. The number of rotatable bonds is 11. The standard InChI is InChI=1S/C26H34O5/c1-3-4-5-14-24(31-25-15-6-7-16-29-25)20-10-8-12-22(17-20)30-18-21-11-9-13-23(19(21)2)26(27)28/h8-13,17,24-25H,3-7,14-16,18H2,1-2H3,(H,27,28). The van der Waals surface area contributed by atoms with E-state index in [0.717, 1.165) is 61.2 Å². The van der Waals surface area contributed by atoms with Gasteiger partial charge in [-0.1, -0.05) is 50.5 Å². The Morgan fingerprint density at radius 2 is 2.03 bits per heavy atom. The molecule has 0 aromatic heterocycles. The van der Waals surface area contributed by atoms with Gasteiger partial charge in [-0.15, -0.1) is 0 Å². The second kappa shape index (κ2) is 11.9. The van der Waals surface area contributed by atoms with Crippen LogP contribution in [0.2, 0.25) is 0 Å². The number of hydrogen-bond acceptors (Lipinski definition) is 4. The Morgan fingerprint density at radius 1 is 1.19 bits per heavy atom. The van der Waals surface area contributed by atoms with Gasteiger partial charge in [0, 0.05) is 6.61 Å². The van der Waals surface area contributed by atoms with Crippen molar-refractivity contribution < 1.29 is 24.1 Å². The predicted molar refractivity (Wildman–Crippen MR) is 120 cm³/mol. The number of aromatic carboxylic acids is 1. The highest BCUT2D eigenvalue weighted by Gasteiger charge is 2.21. The fourth-order valence-electron chi connectivity index (χ4n) is 3.93. The van der Waals surface area contributed by atoms with Gasteiger partial charge in [-0.2, -0.15) is 0 Å². The number of benzene rings is 2. The number of unbranched alkanes of at least 4 members (excludes halogenated alkanes) is 2. The predicted octanol–water partition coefficient (Wildman–Crippen LogP) is 6.44. The molecule has 0 saturated carbocycles. The molecule has 31 heavy (non-hydrogen) atoms. The van der Waals surface area contributed by atoms with Crippen LogP contribution < -0.4 is 4.74 Å². The number of carbonyl (C=O) groups is 1. The van der Waals surface area contributed by atoms with Gasteiger partial charge in [-0.05, 0) is 67.5 Å². The maximum atomic E-state index is 11.4. The van der Waals surface area contributed by atoms with Gasteiger partial charge in [0.25, 0.3) is 0 Å². The largest absolute Gasteiger partial charge is 0.489 e. The monoisotopic (exact) mass is 426 g/mol. The minimum atomic E-state index is -0.918. The van der Waals surface area contributed by atoms with E-state index in [1.807, 2.05) is 31.2 Å². The second-order valence-corrected chi connectivity index (χ2v) is 8.17. The Bertz CT molecular complexity index is 841. The van der Waals surface area contributed by atoms with Gasteiger partial charge in [0.1, 0.15) is 12.4 Å². The number of carboxylic acids is 1. The molecule has 0 amide bonds. The second-order valence-electron chi connectivity index (χ2n) is 8.17. The fraction of sp³-hybridized carbons (Fsp3) is 0.500. The maximum absolute atomic E-state index is 11.4. The summed E-state index contributed by atoms with van der Waals surface area (Å²) in [6, 6.07) is 13.3. The molecule has 3 rings (SSSR count). The molecule has 1 saturated heterocycles. The molecule has 2 aromatic carbocycles. The lowest BCUT2D eigenvalue weighted by molar-refractivity contribution is -0.191. The number of hydrogen-bond donors (Lipinski definition) is 1. The van der Waals surface area contributed by atoms with Gasteiger partial charge >= 0.3 is 5.97 Å². The normalized spacial score (nSPS) is 17.3. The third kappa shape index (κ3) is 6.81. The molecule has 1 heterocycles. The SMILES string of the molecule is CCCCCC(OC1CCCCO1)c1cccc(OCc2cccc(C(=O)O)c2C)c1. The zero-order valence-corrected chi connectivity index (χ0v) is 18.6. The van der Waals surface area contributed by atoms with Gasteiger partial charge in [0.05, 0.1) is 11.7 Å².